The molecule has 1 aliphatic rings. The molecule has 0 saturated carbocycles. The number of hydrogen-bond acceptors (Lipinski definition) is 5. The molecular weight excluding hydrogens is 433 g/mol. The van der Waals surface area contributed by atoms with E-state index in [9.17, 15) is 4.39 Å². The van der Waals surface area contributed by atoms with Gasteiger partial charge in [-0.1, -0.05) is 11.6 Å². The van der Waals surface area contributed by atoms with Crippen LogP contribution in [0.3, 0.4) is 0 Å². The van der Waals surface area contributed by atoms with E-state index in [0.29, 0.717) is 23.8 Å². The molecule has 8 nitrogen and oxygen atoms in total. The minimum absolute atomic E-state index is 0.127. The highest BCUT2D eigenvalue weighted by Crippen LogP contribution is 2.31. The number of nitrogens with one attached hydrogen (secondary N) is 1. The number of aliphatic imine (C=N–C) groups is 1. The molecule has 10 heteroatoms. The summed E-state index contributed by atoms with van der Waals surface area (Å²) in [6.07, 6.45) is 8.19. The number of rotatable bonds is 5. The van der Waals surface area contributed by atoms with Crippen LogP contribution in [0.25, 0.3) is 16.6 Å². The first-order valence-electron chi connectivity index (χ1n) is 10.1. The van der Waals surface area contributed by atoms with Crippen molar-refractivity contribution in [2.45, 2.75) is 12.5 Å². The second-order valence-corrected chi connectivity index (χ2v) is 8.10. The number of nitrogens with zero attached hydrogens (tertiary/aromatic N) is 5. The van der Waals surface area contributed by atoms with Gasteiger partial charge in [-0.15, -0.1) is 0 Å². The maximum Gasteiger partial charge on any atom is 0.135 e. The summed E-state index contributed by atoms with van der Waals surface area (Å²) in [6.45, 7) is 1.29. The van der Waals surface area contributed by atoms with Gasteiger partial charge in [0.05, 0.1) is 52.5 Å². The van der Waals surface area contributed by atoms with E-state index in [1.54, 1.807) is 21.6 Å². The van der Waals surface area contributed by atoms with E-state index in [1.807, 2.05) is 25.5 Å². The number of aryl methyl sites for hydroxylation is 1. The van der Waals surface area contributed by atoms with E-state index in [1.165, 1.54) is 18.2 Å². The zero-order valence-electron chi connectivity index (χ0n) is 17.3. The van der Waals surface area contributed by atoms with Crippen LogP contribution in [0.4, 0.5) is 15.8 Å². The molecule has 0 radical (unpaired) electrons. The summed E-state index contributed by atoms with van der Waals surface area (Å²) in [7, 11) is 1.87. The monoisotopic (exact) mass is 453 g/mol. The van der Waals surface area contributed by atoms with Crippen molar-refractivity contribution >= 4 is 34.3 Å². The van der Waals surface area contributed by atoms with E-state index >= 15 is 0 Å². The predicted octanol–water partition coefficient (Wildman–Crippen LogP) is 3.77. The Morgan fingerprint density at radius 1 is 1.25 bits per heavy atom. The van der Waals surface area contributed by atoms with Crippen molar-refractivity contribution in [1.82, 2.24) is 19.4 Å². The summed E-state index contributed by atoms with van der Waals surface area (Å²) < 4.78 is 22.8. The number of ether oxygens (including phenoxy) is 1. The summed E-state index contributed by atoms with van der Waals surface area (Å²) in [5, 5.41) is 12.6. The molecular formula is C22H21ClFN7O. The van der Waals surface area contributed by atoms with Gasteiger partial charge in [-0.2, -0.15) is 10.2 Å². The van der Waals surface area contributed by atoms with Crippen molar-refractivity contribution in [2.75, 3.05) is 18.5 Å². The SMILES string of the molecule is Cn1cc(-c2cc3c(N[C@H]4CCOC4)c(C(N)=Nc4cc(F)ccc4Cl)cnn3c2)cn1. The normalized spacial score (nSPS) is 16.7. The molecule has 0 bridgehead atoms. The number of halogens is 2. The van der Waals surface area contributed by atoms with Crippen LogP contribution in [0.1, 0.15) is 12.0 Å². The topological polar surface area (TPSA) is 94.8 Å². The largest absolute Gasteiger partial charge is 0.383 e. The lowest BCUT2D eigenvalue weighted by Crippen LogP contribution is -2.24. The molecule has 0 amide bonds. The molecule has 3 aromatic heterocycles. The maximum absolute atomic E-state index is 13.7. The summed E-state index contributed by atoms with van der Waals surface area (Å²) in [5.74, 6) is -0.262. The van der Waals surface area contributed by atoms with Crippen molar-refractivity contribution in [3.8, 4) is 11.1 Å². The number of benzene rings is 1. The van der Waals surface area contributed by atoms with Gasteiger partial charge in [-0.05, 0) is 24.6 Å². The smallest absolute Gasteiger partial charge is 0.135 e. The van der Waals surface area contributed by atoms with Gasteiger partial charge in [-0.3, -0.25) is 4.68 Å². The molecule has 164 valence electrons. The Morgan fingerprint density at radius 2 is 2.12 bits per heavy atom. The Balaban J connectivity index is 1.63. The fraction of sp³-hybridized carbons (Fsp3) is 0.227. The van der Waals surface area contributed by atoms with Crippen LogP contribution in [0.2, 0.25) is 5.02 Å². The Morgan fingerprint density at radius 3 is 2.88 bits per heavy atom. The van der Waals surface area contributed by atoms with E-state index in [-0.39, 0.29) is 17.6 Å². The molecule has 4 heterocycles. The summed E-state index contributed by atoms with van der Waals surface area (Å²) in [5.41, 5.74) is 10.8. The first-order valence-corrected chi connectivity index (χ1v) is 10.5. The van der Waals surface area contributed by atoms with Crippen LogP contribution in [-0.4, -0.2) is 44.5 Å². The first-order chi connectivity index (χ1) is 15.5. The lowest BCUT2D eigenvalue weighted by molar-refractivity contribution is 0.195. The van der Waals surface area contributed by atoms with Crippen molar-refractivity contribution in [3.05, 3.63) is 65.5 Å². The Bertz CT molecular complexity index is 1320. The fourth-order valence-corrected chi connectivity index (χ4v) is 3.90. The van der Waals surface area contributed by atoms with Crippen molar-refractivity contribution in [2.24, 2.45) is 17.8 Å². The van der Waals surface area contributed by atoms with Gasteiger partial charge < -0.3 is 15.8 Å². The summed E-state index contributed by atoms with van der Waals surface area (Å²) in [6, 6.07) is 6.12. The average molecular weight is 454 g/mol. The summed E-state index contributed by atoms with van der Waals surface area (Å²) >= 11 is 6.18. The lowest BCUT2D eigenvalue weighted by atomic mass is 10.1. The van der Waals surface area contributed by atoms with Crippen molar-refractivity contribution in [3.63, 3.8) is 0 Å². The molecule has 1 aromatic carbocycles. The third kappa shape index (κ3) is 3.92. The number of fused-ring (bicyclic) bond motifs is 1. The highest BCUT2D eigenvalue weighted by Gasteiger charge is 2.21. The highest BCUT2D eigenvalue weighted by molar-refractivity contribution is 6.33. The minimum Gasteiger partial charge on any atom is -0.383 e. The zero-order valence-corrected chi connectivity index (χ0v) is 18.1. The quantitative estimate of drug-likeness (QED) is 0.354. The third-order valence-corrected chi connectivity index (χ3v) is 5.70. The molecule has 0 spiro atoms. The van der Waals surface area contributed by atoms with Crippen LogP contribution in [0.15, 0.2) is 54.0 Å². The van der Waals surface area contributed by atoms with Crippen LogP contribution in [-0.2, 0) is 11.8 Å². The van der Waals surface area contributed by atoms with Gasteiger partial charge in [0.2, 0.25) is 0 Å². The molecule has 1 aliphatic heterocycles. The number of hydrogen-bond donors (Lipinski definition) is 2. The predicted molar refractivity (Wildman–Crippen MR) is 122 cm³/mol. The Labute approximate surface area is 188 Å². The van der Waals surface area contributed by atoms with Gasteiger partial charge in [-0.25, -0.2) is 13.9 Å². The summed E-state index contributed by atoms with van der Waals surface area (Å²) in [4.78, 5) is 4.39. The molecule has 5 rings (SSSR count). The van der Waals surface area contributed by atoms with Crippen LogP contribution in [0.5, 0.6) is 0 Å². The lowest BCUT2D eigenvalue weighted by Gasteiger charge is -2.17. The molecule has 0 aliphatic carbocycles. The van der Waals surface area contributed by atoms with Crippen molar-refractivity contribution < 1.29 is 9.13 Å². The molecule has 1 atom stereocenters. The zero-order chi connectivity index (χ0) is 22.2. The Hall–Kier alpha value is -3.43. The van der Waals surface area contributed by atoms with E-state index < -0.39 is 5.82 Å². The third-order valence-electron chi connectivity index (χ3n) is 5.38. The van der Waals surface area contributed by atoms with Gasteiger partial charge in [0.15, 0.2) is 0 Å². The second kappa shape index (κ2) is 8.25. The van der Waals surface area contributed by atoms with Crippen LogP contribution >= 0.6 is 11.6 Å². The first kappa shape index (κ1) is 20.5. The molecule has 4 aromatic rings. The number of anilines is 1. The van der Waals surface area contributed by atoms with Gasteiger partial charge in [0, 0.05) is 43.2 Å². The Kier molecular flexibility index (Phi) is 5.28. The molecule has 3 N–H and O–H groups in total. The molecule has 1 saturated heterocycles. The van der Waals surface area contributed by atoms with Crippen LogP contribution in [0, 0.1) is 5.82 Å². The second-order valence-electron chi connectivity index (χ2n) is 7.69. The van der Waals surface area contributed by atoms with E-state index in [4.69, 9.17) is 22.1 Å². The fourth-order valence-electron chi connectivity index (χ4n) is 3.74. The van der Waals surface area contributed by atoms with Gasteiger partial charge in [0.25, 0.3) is 0 Å². The molecule has 32 heavy (non-hydrogen) atoms. The highest BCUT2D eigenvalue weighted by atomic mass is 35.5. The van der Waals surface area contributed by atoms with Gasteiger partial charge >= 0.3 is 0 Å². The molecule has 1 fully saturated rings. The van der Waals surface area contributed by atoms with E-state index in [2.05, 4.69) is 20.5 Å². The van der Waals surface area contributed by atoms with Crippen molar-refractivity contribution in [1.29, 1.82) is 0 Å². The maximum atomic E-state index is 13.7. The average Bonchev–Trinajstić information content (AvgIpc) is 3.51. The van der Waals surface area contributed by atoms with Gasteiger partial charge in [0.1, 0.15) is 11.7 Å². The number of aromatic nitrogens is 4. The minimum atomic E-state index is -0.441. The number of nitrogens with two attached hydrogens (primary N) is 1. The molecule has 0 unspecified atom stereocenters. The standard InChI is InChI=1S/C22H21ClFN7O/c1-30-10-14(8-26-30)13-6-20-21(28-16-4-5-32-12-16)17(9-27-31(20)11-13)22(25)29-19-7-15(24)2-3-18(19)23/h2-3,6-11,16,28H,4-5,12H2,1H3,(H2,25,29)/t16-/m0/s1. The number of amidine groups is 1. The van der Waals surface area contributed by atoms with E-state index in [0.717, 1.165) is 28.8 Å². The van der Waals surface area contributed by atoms with Crippen LogP contribution < -0.4 is 11.1 Å².